The molecule has 2 rings (SSSR count). The second-order valence-electron chi connectivity index (χ2n) is 5.29. The number of halogens is 1. The lowest BCUT2D eigenvalue weighted by Crippen LogP contribution is -2.29. The topological polar surface area (TPSA) is 62.7 Å². The fraction of sp³-hybridized carbons (Fsp3) is 0.438. The van der Waals surface area contributed by atoms with Crippen molar-refractivity contribution >= 4 is 29.9 Å². The van der Waals surface area contributed by atoms with Crippen LogP contribution in [-0.2, 0) is 17.8 Å². The Kier molecular flexibility index (Phi) is 7.45. The molecule has 0 saturated heterocycles. The second kappa shape index (κ2) is 9.58. The molecule has 2 aromatic rings. The number of hydrogen-bond donors (Lipinski definition) is 2. The number of nitrogens with one attached hydrogen (secondary N) is 2. The number of hydrogen-bond acceptors (Lipinski definition) is 4. The van der Waals surface area contributed by atoms with Crippen molar-refractivity contribution in [1.29, 1.82) is 0 Å². The Morgan fingerprint density at radius 2 is 2.17 bits per heavy atom. The van der Waals surface area contributed by atoms with Gasteiger partial charge >= 0.3 is 0 Å². The average Bonchev–Trinajstić information content (AvgIpc) is 2.90. The van der Waals surface area contributed by atoms with Gasteiger partial charge in [-0.25, -0.2) is 4.39 Å². The predicted molar refractivity (Wildman–Crippen MR) is 96.2 cm³/mol. The van der Waals surface area contributed by atoms with Gasteiger partial charge in [0.25, 0.3) is 0 Å². The van der Waals surface area contributed by atoms with Crippen molar-refractivity contribution in [3.63, 3.8) is 0 Å². The number of rotatable bonds is 9. The monoisotopic (exact) mass is 368 g/mol. The summed E-state index contributed by atoms with van der Waals surface area (Å²) in [6.07, 6.45) is 2.57. The van der Waals surface area contributed by atoms with Crippen LogP contribution < -0.4 is 5.32 Å². The summed E-state index contributed by atoms with van der Waals surface area (Å²) < 4.78 is 15.0. The first-order valence-electron chi connectivity index (χ1n) is 7.89. The SMILES string of the molecule is CCCc1n[nH]c(=S)n1CC(=O)NCCCSc1ccc(F)cc1. The predicted octanol–water partition coefficient (Wildman–Crippen LogP) is 3.33. The van der Waals surface area contributed by atoms with Crippen LogP contribution in [0.4, 0.5) is 4.39 Å². The van der Waals surface area contributed by atoms with Crippen molar-refractivity contribution in [1.82, 2.24) is 20.1 Å². The van der Waals surface area contributed by atoms with Gasteiger partial charge in [0, 0.05) is 17.9 Å². The molecular formula is C16H21FN4OS2. The number of aromatic nitrogens is 3. The first kappa shape index (κ1) is 18.7. The van der Waals surface area contributed by atoms with Crippen LogP contribution in [-0.4, -0.2) is 33.0 Å². The Hall–Kier alpha value is -1.67. The molecule has 5 nitrogen and oxygen atoms in total. The standard InChI is InChI=1S/C16H21FN4OS2/c1-2-4-14-19-20-16(23)21(14)11-15(22)18-9-3-10-24-13-7-5-12(17)6-8-13/h5-8H,2-4,9-11H2,1H3,(H,18,22)(H,20,23). The minimum absolute atomic E-state index is 0.0726. The van der Waals surface area contributed by atoms with Gasteiger partial charge in [0.15, 0.2) is 4.77 Å². The van der Waals surface area contributed by atoms with E-state index >= 15 is 0 Å². The lowest BCUT2D eigenvalue weighted by molar-refractivity contribution is -0.121. The molecule has 0 radical (unpaired) electrons. The van der Waals surface area contributed by atoms with E-state index in [-0.39, 0.29) is 18.3 Å². The van der Waals surface area contributed by atoms with Gasteiger partial charge in [0.2, 0.25) is 5.91 Å². The number of aromatic amines is 1. The van der Waals surface area contributed by atoms with E-state index in [1.807, 2.05) is 0 Å². The zero-order chi connectivity index (χ0) is 17.4. The Bertz CT molecular complexity index is 712. The van der Waals surface area contributed by atoms with Crippen molar-refractivity contribution < 1.29 is 9.18 Å². The van der Waals surface area contributed by atoms with E-state index in [1.54, 1.807) is 28.5 Å². The summed E-state index contributed by atoms with van der Waals surface area (Å²) in [4.78, 5) is 13.0. The fourth-order valence-corrected chi connectivity index (χ4v) is 3.22. The largest absolute Gasteiger partial charge is 0.355 e. The van der Waals surface area contributed by atoms with Gasteiger partial charge in [-0.05, 0) is 55.1 Å². The van der Waals surface area contributed by atoms with Gasteiger partial charge in [-0.1, -0.05) is 6.92 Å². The maximum atomic E-state index is 12.8. The third kappa shape index (κ3) is 5.76. The zero-order valence-corrected chi connectivity index (χ0v) is 15.2. The van der Waals surface area contributed by atoms with Crippen LogP contribution in [0.1, 0.15) is 25.6 Å². The molecule has 2 N–H and O–H groups in total. The van der Waals surface area contributed by atoms with Gasteiger partial charge in [-0.3, -0.25) is 14.5 Å². The number of benzene rings is 1. The van der Waals surface area contributed by atoms with E-state index in [0.29, 0.717) is 11.3 Å². The molecule has 0 aliphatic rings. The lowest BCUT2D eigenvalue weighted by atomic mass is 10.3. The summed E-state index contributed by atoms with van der Waals surface area (Å²) in [7, 11) is 0. The highest BCUT2D eigenvalue weighted by atomic mass is 32.2. The van der Waals surface area contributed by atoms with Crippen LogP contribution in [0.3, 0.4) is 0 Å². The summed E-state index contributed by atoms with van der Waals surface area (Å²) in [5.74, 6) is 1.37. The number of thioether (sulfide) groups is 1. The van der Waals surface area contributed by atoms with E-state index in [9.17, 15) is 9.18 Å². The number of aryl methyl sites for hydroxylation is 1. The molecule has 24 heavy (non-hydrogen) atoms. The van der Waals surface area contributed by atoms with E-state index in [4.69, 9.17) is 12.2 Å². The first-order chi connectivity index (χ1) is 11.6. The molecule has 0 bridgehead atoms. The number of amides is 1. The molecular weight excluding hydrogens is 347 g/mol. The summed E-state index contributed by atoms with van der Waals surface area (Å²) in [5.41, 5.74) is 0. The molecule has 0 fully saturated rings. The van der Waals surface area contributed by atoms with E-state index in [2.05, 4.69) is 22.4 Å². The minimum Gasteiger partial charge on any atom is -0.355 e. The molecule has 1 aromatic carbocycles. The number of nitrogens with zero attached hydrogens (tertiary/aromatic N) is 2. The molecule has 0 aliphatic carbocycles. The van der Waals surface area contributed by atoms with Gasteiger partial charge in [-0.15, -0.1) is 11.8 Å². The smallest absolute Gasteiger partial charge is 0.240 e. The van der Waals surface area contributed by atoms with Crippen LogP contribution in [0.25, 0.3) is 0 Å². The summed E-state index contributed by atoms with van der Waals surface area (Å²) in [6, 6.07) is 6.42. The number of carbonyl (C=O) groups is 1. The van der Waals surface area contributed by atoms with Crippen LogP contribution >= 0.6 is 24.0 Å². The second-order valence-corrected chi connectivity index (χ2v) is 6.84. The molecule has 1 aromatic heterocycles. The third-order valence-electron chi connectivity index (χ3n) is 3.34. The molecule has 0 spiro atoms. The van der Waals surface area contributed by atoms with Crippen molar-refractivity contribution in [3.05, 3.63) is 40.7 Å². The minimum atomic E-state index is -0.230. The molecule has 0 unspecified atom stereocenters. The molecule has 0 aliphatic heterocycles. The Morgan fingerprint density at radius 3 is 2.88 bits per heavy atom. The summed E-state index contributed by atoms with van der Waals surface area (Å²) in [5, 5.41) is 9.77. The van der Waals surface area contributed by atoms with Gasteiger partial charge in [0.1, 0.15) is 18.2 Å². The van der Waals surface area contributed by atoms with Gasteiger partial charge in [-0.2, -0.15) is 5.10 Å². The molecule has 130 valence electrons. The maximum Gasteiger partial charge on any atom is 0.240 e. The van der Waals surface area contributed by atoms with Gasteiger partial charge < -0.3 is 5.32 Å². The average molecular weight is 369 g/mol. The highest BCUT2D eigenvalue weighted by Crippen LogP contribution is 2.18. The van der Waals surface area contributed by atoms with E-state index in [0.717, 1.165) is 35.7 Å². The Labute approximate surface area is 150 Å². The third-order valence-corrected chi connectivity index (χ3v) is 4.75. The van der Waals surface area contributed by atoms with Crippen molar-refractivity contribution in [2.24, 2.45) is 0 Å². The number of H-pyrrole nitrogens is 1. The Morgan fingerprint density at radius 1 is 1.42 bits per heavy atom. The van der Waals surface area contributed by atoms with Crippen LogP contribution in [0, 0.1) is 10.6 Å². The van der Waals surface area contributed by atoms with Crippen molar-refractivity contribution in [2.75, 3.05) is 12.3 Å². The quantitative estimate of drug-likeness (QED) is 0.405. The fourth-order valence-electron chi connectivity index (χ4n) is 2.15. The molecule has 0 atom stereocenters. The molecule has 1 amide bonds. The summed E-state index contributed by atoms with van der Waals surface area (Å²) >= 11 is 6.80. The highest BCUT2D eigenvalue weighted by Gasteiger charge is 2.09. The van der Waals surface area contributed by atoms with Crippen molar-refractivity contribution in [3.8, 4) is 0 Å². The van der Waals surface area contributed by atoms with Crippen LogP contribution in [0.5, 0.6) is 0 Å². The molecule has 1 heterocycles. The van der Waals surface area contributed by atoms with Gasteiger partial charge in [0.05, 0.1) is 0 Å². The Balaban J connectivity index is 1.69. The van der Waals surface area contributed by atoms with Crippen LogP contribution in [0.15, 0.2) is 29.2 Å². The van der Waals surface area contributed by atoms with Crippen LogP contribution in [0.2, 0.25) is 0 Å². The first-order valence-corrected chi connectivity index (χ1v) is 9.28. The maximum absolute atomic E-state index is 12.8. The lowest BCUT2D eigenvalue weighted by Gasteiger charge is -2.08. The molecule has 0 saturated carbocycles. The molecule has 8 heteroatoms. The highest BCUT2D eigenvalue weighted by molar-refractivity contribution is 7.99. The number of carbonyl (C=O) groups excluding carboxylic acids is 1. The zero-order valence-electron chi connectivity index (χ0n) is 13.5. The van der Waals surface area contributed by atoms with E-state index in [1.165, 1.54) is 12.1 Å². The summed E-state index contributed by atoms with van der Waals surface area (Å²) in [6.45, 7) is 2.85. The van der Waals surface area contributed by atoms with Crippen molar-refractivity contribution in [2.45, 2.75) is 37.6 Å². The normalized spacial score (nSPS) is 10.8. The van der Waals surface area contributed by atoms with E-state index < -0.39 is 0 Å².